The van der Waals surface area contributed by atoms with E-state index in [1.165, 1.54) is 30.3 Å². The highest BCUT2D eigenvalue weighted by Gasteiger charge is 2.29. The lowest BCUT2D eigenvalue weighted by molar-refractivity contribution is 0.0843. The Hall–Kier alpha value is -3.03. The molecular formula is C23H21ClFN3O3. The molecule has 0 bridgehead atoms. The summed E-state index contributed by atoms with van der Waals surface area (Å²) < 4.78 is 14.8. The van der Waals surface area contributed by atoms with E-state index < -0.39 is 23.3 Å². The SMILES string of the molecule is O=C(N[C@@H](CO)C1CCC1)c1cc(-c2ccc(Cl)cc2)nn(-c2cccc(F)c2)c1=O. The van der Waals surface area contributed by atoms with Gasteiger partial charge in [-0.05, 0) is 55.2 Å². The lowest BCUT2D eigenvalue weighted by Crippen LogP contribution is -2.47. The summed E-state index contributed by atoms with van der Waals surface area (Å²) >= 11 is 5.97. The Bertz CT molecular complexity index is 1160. The molecular weight excluding hydrogens is 421 g/mol. The van der Waals surface area contributed by atoms with Crippen LogP contribution in [0.4, 0.5) is 4.39 Å². The average Bonchev–Trinajstić information content (AvgIpc) is 2.72. The monoisotopic (exact) mass is 441 g/mol. The van der Waals surface area contributed by atoms with Crippen LogP contribution in [0.15, 0.2) is 59.4 Å². The number of aromatic nitrogens is 2. The maximum atomic E-state index is 13.8. The van der Waals surface area contributed by atoms with Crippen LogP contribution in [0.5, 0.6) is 0 Å². The minimum absolute atomic E-state index is 0.137. The zero-order valence-corrected chi connectivity index (χ0v) is 17.3. The average molecular weight is 442 g/mol. The van der Waals surface area contributed by atoms with Gasteiger partial charge >= 0.3 is 0 Å². The highest BCUT2D eigenvalue weighted by atomic mass is 35.5. The van der Waals surface area contributed by atoms with Crippen molar-refractivity contribution in [2.45, 2.75) is 25.3 Å². The molecule has 0 radical (unpaired) electrons. The maximum Gasteiger partial charge on any atom is 0.284 e. The van der Waals surface area contributed by atoms with E-state index in [0.717, 1.165) is 23.9 Å². The normalized spacial score (nSPS) is 14.7. The number of hydrogen-bond acceptors (Lipinski definition) is 4. The fourth-order valence-corrected chi connectivity index (χ4v) is 3.73. The molecule has 2 aromatic carbocycles. The summed E-state index contributed by atoms with van der Waals surface area (Å²) in [6.07, 6.45) is 2.90. The minimum Gasteiger partial charge on any atom is -0.394 e. The van der Waals surface area contributed by atoms with Crippen LogP contribution in [0.25, 0.3) is 16.9 Å². The van der Waals surface area contributed by atoms with E-state index in [2.05, 4.69) is 10.4 Å². The van der Waals surface area contributed by atoms with E-state index in [1.54, 1.807) is 24.3 Å². The molecule has 3 aromatic rings. The quantitative estimate of drug-likeness (QED) is 0.612. The number of benzene rings is 2. The fraction of sp³-hybridized carbons (Fsp3) is 0.261. The van der Waals surface area contributed by atoms with Crippen LogP contribution in [0.1, 0.15) is 29.6 Å². The van der Waals surface area contributed by atoms with E-state index in [1.807, 2.05) is 0 Å². The molecule has 1 amide bonds. The van der Waals surface area contributed by atoms with Crippen molar-refractivity contribution in [3.63, 3.8) is 0 Å². The first-order valence-corrected chi connectivity index (χ1v) is 10.4. The number of nitrogens with zero attached hydrogens (tertiary/aromatic N) is 2. The van der Waals surface area contributed by atoms with Crippen molar-refractivity contribution in [1.82, 2.24) is 15.1 Å². The molecule has 2 N–H and O–H groups in total. The van der Waals surface area contributed by atoms with Crippen molar-refractivity contribution < 1.29 is 14.3 Å². The summed E-state index contributed by atoms with van der Waals surface area (Å²) in [6, 6.07) is 13.2. The Morgan fingerprint density at radius 3 is 2.58 bits per heavy atom. The number of hydrogen-bond donors (Lipinski definition) is 2. The van der Waals surface area contributed by atoms with Gasteiger partial charge < -0.3 is 10.4 Å². The second kappa shape index (κ2) is 8.99. The number of carbonyl (C=O) groups is 1. The first-order chi connectivity index (χ1) is 15.0. The zero-order valence-electron chi connectivity index (χ0n) is 16.6. The van der Waals surface area contributed by atoms with Crippen molar-refractivity contribution >= 4 is 17.5 Å². The van der Waals surface area contributed by atoms with E-state index in [0.29, 0.717) is 16.3 Å². The van der Waals surface area contributed by atoms with Gasteiger partial charge in [0, 0.05) is 10.6 Å². The molecule has 8 heteroatoms. The van der Waals surface area contributed by atoms with Crippen molar-refractivity contribution in [2.75, 3.05) is 6.61 Å². The molecule has 6 nitrogen and oxygen atoms in total. The van der Waals surface area contributed by atoms with Gasteiger partial charge in [-0.15, -0.1) is 0 Å². The van der Waals surface area contributed by atoms with Gasteiger partial charge in [-0.1, -0.05) is 36.2 Å². The molecule has 0 aliphatic heterocycles. The van der Waals surface area contributed by atoms with Crippen LogP contribution in [-0.2, 0) is 0 Å². The van der Waals surface area contributed by atoms with Crippen molar-refractivity contribution in [3.8, 4) is 16.9 Å². The summed E-state index contributed by atoms with van der Waals surface area (Å²) in [6.45, 7) is -0.205. The lowest BCUT2D eigenvalue weighted by atomic mass is 9.80. The number of nitrogens with one attached hydrogen (secondary N) is 1. The lowest BCUT2D eigenvalue weighted by Gasteiger charge is -2.33. The van der Waals surface area contributed by atoms with E-state index in [9.17, 15) is 19.1 Å². The molecule has 1 aromatic heterocycles. The third-order valence-corrected chi connectivity index (χ3v) is 5.83. The number of aliphatic hydroxyl groups excluding tert-OH is 1. The van der Waals surface area contributed by atoms with Gasteiger partial charge in [0.1, 0.15) is 11.4 Å². The Morgan fingerprint density at radius 1 is 1.23 bits per heavy atom. The Balaban J connectivity index is 1.80. The molecule has 1 fully saturated rings. The smallest absolute Gasteiger partial charge is 0.284 e. The minimum atomic E-state index is -0.675. The standard InChI is InChI=1S/C23H21ClFN3O3/c24-16-9-7-15(8-10-16)20-12-19(22(30)26-21(13-29)14-3-1-4-14)23(31)28(27-20)18-6-2-5-17(25)11-18/h2,5-12,14,21,29H,1,3-4,13H2,(H,26,30)/t21-/m0/s1. The molecule has 1 heterocycles. The van der Waals surface area contributed by atoms with E-state index >= 15 is 0 Å². The number of amides is 1. The number of carbonyl (C=O) groups excluding carboxylic acids is 1. The molecule has 0 spiro atoms. The second-order valence-electron chi connectivity index (χ2n) is 7.60. The summed E-state index contributed by atoms with van der Waals surface area (Å²) in [5.41, 5.74) is 0.386. The highest BCUT2D eigenvalue weighted by Crippen LogP contribution is 2.29. The highest BCUT2D eigenvalue weighted by molar-refractivity contribution is 6.30. The number of aliphatic hydroxyl groups is 1. The van der Waals surface area contributed by atoms with Crippen LogP contribution < -0.4 is 10.9 Å². The molecule has 0 saturated heterocycles. The Kier molecular flexibility index (Phi) is 6.15. The fourth-order valence-electron chi connectivity index (χ4n) is 3.60. The van der Waals surface area contributed by atoms with Gasteiger partial charge in [0.25, 0.3) is 11.5 Å². The number of halogens is 2. The van der Waals surface area contributed by atoms with Crippen LogP contribution in [0.2, 0.25) is 5.02 Å². The summed E-state index contributed by atoms with van der Waals surface area (Å²) in [5, 5.41) is 17.3. The van der Waals surface area contributed by atoms with Crippen molar-refractivity contribution in [3.05, 3.63) is 81.4 Å². The van der Waals surface area contributed by atoms with Crippen LogP contribution in [0, 0.1) is 11.7 Å². The summed E-state index contributed by atoms with van der Waals surface area (Å²) in [4.78, 5) is 26.1. The Labute approximate surface area is 183 Å². The van der Waals surface area contributed by atoms with E-state index in [-0.39, 0.29) is 23.8 Å². The van der Waals surface area contributed by atoms with Crippen LogP contribution in [0.3, 0.4) is 0 Å². The summed E-state index contributed by atoms with van der Waals surface area (Å²) in [5.74, 6) is -0.935. The molecule has 160 valence electrons. The molecule has 1 saturated carbocycles. The third kappa shape index (κ3) is 4.52. The van der Waals surface area contributed by atoms with Gasteiger partial charge in [0.2, 0.25) is 0 Å². The second-order valence-corrected chi connectivity index (χ2v) is 8.04. The molecule has 31 heavy (non-hydrogen) atoms. The Morgan fingerprint density at radius 2 is 1.97 bits per heavy atom. The maximum absolute atomic E-state index is 13.8. The van der Waals surface area contributed by atoms with Crippen LogP contribution in [-0.4, -0.2) is 33.4 Å². The van der Waals surface area contributed by atoms with Gasteiger partial charge in [0.05, 0.1) is 24.0 Å². The molecule has 1 atom stereocenters. The predicted molar refractivity (Wildman–Crippen MR) is 116 cm³/mol. The van der Waals surface area contributed by atoms with Gasteiger partial charge in [0.15, 0.2) is 0 Å². The van der Waals surface area contributed by atoms with Crippen LogP contribution >= 0.6 is 11.6 Å². The first kappa shape index (κ1) is 21.2. The van der Waals surface area contributed by atoms with Gasteiger partial charge in [-0.25, -0.2) is 4.39 Å². The molecule has 4 rings (SSSR count). The topological polar surface area (TPSA) is 84.2 Å². The molecule has 0 unspecified atom stereocenters. The third-order valence-electron chi connectivity index (χ3n) is 5.58. The zero-order chi connectivity index (χ0) is 22.0. The molecule has 1 aliphatic rings. The first-order valence-electron chi connectivity index (χ1n) is 10.0. The number of rotatable bonds is 6. The summed E-state index contributed by atoms with van der Waals surface area (Å²) in [7, 11) is 0. The van der Waals surface area contributed by atoms with E-state index in [4.69, 9.17) is 11.6 Å². The van der Waals surface area contributed by atoms with Crippen molar-refractivity contribution in [1.29, 1.82) is 0 Å². The van der Waals surface area contributed by atoms with Gasteiger partial charge in [-0.2, -0.15) is 9.78 Å². The van der Waals surface area contributed by atoms with Gasteiger partial charge in [-0.3, -0.25) is 9.59 Å². The largest absolute Gasteiger partial charge is 0.394 e. The molecule has 1 aliphatic carbocycles. The van der Waals surface area contributed by atoms with Crippen molar-refractivity contribution in [2.24, 2.45) is 5.92 Å². The predicted octanol–water partition coefficient (Wildman–Crippen LogP) is 3.58.